The van der Waals surface area contributed by atoms with Crippen LogP contribution in [0.1, 0.15) is 24.1 Å². The van der Waals surface area contributed by atoms with E-state index in [-0.39, 0.29) is 12.6 Å². The van der Waals surface area contributed by atoms with Gasteiger partial charge in [0.25, 0.3) is 0 Å². The lowest BCUT2D eigenvalue weighted by Crippen LogP contribution is -2.19. The van der Waals surface area contributed by atoms with Crippen LogP contribution < -0.4 is 10.1 Å². The van der Waals surface area contributed by atoms with Gasteiger partial charge in [-0.05, 0) is 30.7 Å². The number of benzene rings is 2. The predicted molar refractivity (Wildman–Crippen MR) is 74.6 cm³/mol. The molecule has 0 bridgehead atoms. The minimum Gasteiger partial charge on any atom is -0.497 e. The highest BCUT2D eigenvalue weighted by Crippen LogP contribution is 2.19. The largest absolute Gasteiger partial charge is 0.497 e. The maximum Gasteiger partial charge on any atom is 0.163 e. The molecule has 0 saturated carbocycles. The van der Waals surface area contributed by atoms with Gasteiger partial charge in [0.1, 0.15) is 5.75 Å². The molecule has 0 spiro atoms. The third kappa shape index (κ3) is 3.33. The quantitative estimate of drug-likeness (QED) is 0.897. The summed E-state index contributed by atoms with van der Waals surface area (Å²) in [5.41, 5.74) is 1.35. The Bertz CT molecular complexity index is 586. The topological polar surface area (TPSA) is 21.3 Å². The van der Waals surface area contributed by atoms with Crippen molar-refractivity contribution in [3.63, 3.8) is 0 Å². The van der Waals surface area contributed by atoms with E-state index in [2.05, 4.69) is 5.32 Å². The average Bonchev–Trinajstić information content (AvgIpc) is 2.48. The SMILES string of the molecule is COc1cccc([C@H](C)NCc2cccc(F)c2F)c1. The number of halogens is 2. The van der Waals surface area contributed by atoms with Gasteiger partial charge in [-0.1, -0.05) is 24.3 Å². The maximum absolute atomic E-state index is 13.5. The fraction of sp³-hybridized carbons (Fsp3) is 0.250. The van der Waals surface area contributed by atoms with Gasteiger partial charge in [0.05, 0.1) is 7.11 Å². The molecule has 20 heavy (non-hydrogen) atoms. The first kappa shape index (κ1) is 14.5. The van der Waals surface area contributed by atoms with Gasteiger partial charge in [-0.15, -0.1) is 0 Å². The molecule has 0 fully saturated rings. The molecule has 106 valence electrons. The zero-order valence-corrected chi connectivity index (χ0v) is 11.5. The molecule has 2 aromatic rings. The standard InChI is InChI=1S/C16H17F2NO/c1-11(12-5-3-7-14(9-12)20-2)19-10-13-6-4-8-15(17)16(13)18/h3-9,11,19H,10H2,1-2H3/t11-/m0/s1. The Balaban J connectivity index is 2.04. The summed E-state index contributed by atoms with van der Waals surface area (Å²) in [5, 5.41) is 3.17. The molecule has 0 aliphatic heterocycles. The zero-order chi connectivity index (χ0) is 14.5. The second kappa shape index (κ2) is 6.48. The Morgan fingerprint density at radius 1 is 1.15 bits per heavy atom. The van der Waals surface area contributed by atoms with Crippen LogP contribution in [0, 0.1) is 11.6 Å². The lowest BCUT2D eigenvalue weighted by molar-refractivity contribution is 0.413. The Hall–Kier alpha value is -1.94. The van der Waals surface area contributed by atoms with Crippen molar-refractivity contribution in [2.24, 2.45) is 0 Å². The minimum atomic E-state index is -0.821. The van der Waals surface area contributed by atoms with Crippen LogP contribution in [0.2, 0.25) is 0 Å². The van der Waals surface area contributed by atoms with Gasteiger partial charge in [-0.25, -0.2) is 8.78 Å². The molecule has 0 aromatic heterocycles. The second-order valence-corrected chi connectivity index (χ2v) is 4.59. The predicted octanol–water partition coefficient (Wildman–Crippen LogP) is 3.82. The first-order valence-electron chi connectivity index (χ1n) is 6.42. The summed E-state index contributed by atoms with van der Waals surface area (Å²) < 4.78 is 31.8. The van der Waals surface area contributed by atoms with Crippen molar-refractivity contribution in [2.75, 3.05) is 7.11 Å². The molecule has 0 unspecified atom stereocenters. The van der Waals surface area contributed by atoms with Crippen molar-refractivity contribution in [1.29, 1.82) is 0 Å². The highest BCUT2D eigenvalue weighted by atomic mass is 19.2. The summed E-state index contributed by atoms with van der Waals surface area (Å²) in [6.07, 6.45) is 0. The van der Waals surface area contributed by atoms with E-state index in [9.17, 15) is 8.78 Å². The highest BCUT2D eigenvalue weighted by Gasteiger charge is 2.10. The summed E-state index contributed by atoms with van der Waals surface area (Å²) in [5.74, 6) is -0.843. The first-order valence-corrected chi connectivity index (χ1v) is 6.42. The van der Waals surface area contributed by atoms with Gasteiger partial charge in [0, 0.05) is 18.2 Å². The average molecular weight is 277 g/mol. The van der Waals surface area contributed by atoms with E-state index in [4.69, 9.17) is 4.74 Å². The molecule has 0 amide bonds. The van der Waals surface area contributed by atoms with Crippen LogP contribution in [-0.4, -0.2) is 7.11 Å². The Labute approximate surface area is 117 Å². The van der Waals surface area contributed by atoms with E-state index in [0.717, 1.165) is 17.4 Å². The van der Waals surface area contributed by atoms with Crippen LogP contribution in [0.15, 0.2) is 42.5 Å². The Kier molecular flexibility index (Phi) is 4.69. The lowest BCUT2D eigenvalue weighted by atomic mass is 10.1. The summed E-state index contributed by atoms with van der Waals surface area (Å²) in [6, 6.07) is 11.8. The van der Waals surface area contributed by atoms with Crippen molar-refractivity contribution in [1.82, 2.24) is 5.32 Å². The lowest BCUT2D eigenvalue weighted by Gasteiger charge is -2.15. The Morgan fingerprint density at radius 3 is 2.65 bits per heavy atom. The normalized spacial score (nSPS) is 12.2. The first-order chi connectivity index (χ1) is 9.61. The maximum atomic E-state index is 13.5. The number of methoxy groups -OCH3 is 1. The molecule has 2 aromatic carbocycles. The van der Waals surface area contributed by atoms with E-state index in [0.29, 0.717) is 5.56 Å². The van der Waals surface area contributed by atoms with Crippen LogP contribution in [0.3, 0.4) is 0 Å². The fourth-order valence-corrected chi connectivity index (χ4v) is 1.98. The van der Waals surface area contributed by atoms with Crippen molar-refractivity contribution < 1.29 is 13.5 Å². The van der Waals surface area contributed by atoms with Gasteiger partial charge >= 0.3 is 0 Å². The molecule has 2 rings (SSSR count). The number of hydrogen-bond donors (Lipinski definition) is 1. The summed E-state index contributed by atoms with van der Waals surface area (Å²) in [4.78, 5) is 0. The molecule has 0 saturated heterocycles. The second-order valence-electron chi connectivity index (χ2n) is 4.59. The summed E-state index contributed by atoms with van der Waals surface area (Å²) in [6.45, 7) is 2.23. The third-order valence-electron chi connectivity index (χ3n) is 3.22. The van der Waals surface area contributed by atoms with E-state index in [1.165, 1.54) is 6.07 Å². The van der Waals surface area contributed by atoms with E-state index in [1.54, 1.807) is 13.2 Å². The van der Waals surface area contributed by atoms with E-state index in [1.807, 2.05) is 31.2 Å². The summed E-state index contributed by atoms with van der Waals surface area (Å²) >= 11 is 0. The molecule has 4 heteroatoms. The molecule has 0 heterocycles. The molecule has 0 aliphatic carbocycles. The van der Waals surface area contributed by atoms with Crippen molar-refractivity contribution >= 4 is 0 Å². The number of hydrogen-bond acceptors (Lipinski definition) is 2. The Morgan fingerprint density at radius 2 is 1.90 bits per heavy atom. The van der Waals surface area contributed by atoms with Crippen LogP contribution >= 0.6 is 0 Å². The highest BCUT2D eigenvalue weighted by molar-refractivity contribution is 5.30. The molecule has 0 radical (unpaired) electrons. The number of rotatable bonds is 5. The van der Waals surface area contributed by atoms with Gasteiger partial charge in [0.15, 0.2) is 11.6 Å². The van der Waals surface area contributed by atoms with Crippen LogP contribution in [0.5, 0.6) is 5.75 Å². The third-order valence-corrected chi connectivity index (χ3v) is 3.22. The van der Waals surface area contributed by atoms with Gasteiger partial charge in [-0.2, -0.15) is 0 Å². The van der Waals surface area contributed by atoms with Gasteiger partial charge in [-0.3, -0.25) is 0 Å². The van der Waals surface area contributed by atoms with Crippen molar-refractivity contribution in [2.45, 2.75) is 19.5 Å². The monoisotopic (exact) mass is 277 g/mol. The molecule has 1 N–H and O–H groups in total. The number of nitrogens with one attached hydrogen (secondary N) is 1. The summed E-state index contributed by atoms with van der Waals surface area (Å²) in [7, 11) is 1.61. The van der Waals surface area contributed by atoms with E-state index < -0.39 is 11.6 Å². The van der Waals surface area contributed by atoms with E-state index >= 15 is 0 Å². The molecular weight excluding hydrogens is 260 g/mol. The molecule has 0 aliphatic rings. The smallest absolute Gasteiger partial charge is 0.163 e. The van der Waals surface area contributed by atoms with Crippen LogP contribution in [0.4, 0.5) is 8.78 Å². The zero-order valence-electron chi connectivity index (χ0n) is 11.5. The molecule has 2 nitrogen and oxygen atoms in total. The number of ether oxygens (including phenoxy) is 1. The van der Waals surface area contributed by atoms with Gasteiger partial charge < -0.3 is 10.1 Å². The van der Waals surface area contributed by atoms with Crippen molar-refractivity contribution in [3.8, 4) is 5.75 Å². The van der Waals surface area contributed by atoms with Crippen molar-refractivity contribution in [3.05, 3.63) is 65.2 Å². The van der Waals surface area contributed by atoms with Crippen LogP contribution in [0.25, 0.3) is 0 Å². The fourth-order valence-electron chi connectivity index (χ4n) is 1.98. The van der Waals surface area contributed by atoms with Gasteiger partial charge in [0.2, 0.25) is 0 Å². The molecule has 1 atom stereocenters. The minimum absolute atomic E-state index is 0.00719. The van der Waals surface area contributed by atoms with Crippen LogP contribution in [-0.2, 0) is 6.54 Å². The molecular formula is C16H17F2NO.